The third-order valence-corrected chi connectivity index (χ3v) is 3.40. The summed E-state index contributed by atoms with van der Waals surface area (Å²) in [6, 6.07) is 11.6. The van der Waals surface area contributed by atoms with Gasteiger partial charge in [0.25, 0.3) is 5.91 Å². The molecular weight excluding hydrogens is 315 g/mol. The zero-order valence-electron chi connectivity index (χ0n) is 10.2. The molecule has 0 aromatic heterocycles. The summed E-state index contributed by atoms with van der Waals surface area (Å²) in [7, 11) is 0. The van der Waals surface area contributed by atoms with E-state index in [1.807, 2.05) is 0 Å². The van der Waals surface area contributed by atoms with E-state index >= 15 is 0 Å². The molecule has 0 aliphatic rings. The van der Waals surface area contributed by atoms with Crippen LogP contribution in [0.4, 0.5) is 5.69 Å². The molecule has 0 unspecified atom stereocenters. The molecule has 2 aromatic rings. The Morgan fingerprint density at radius 3 is 2.45 bits per heavy atom. The lowest BCUT2D eigenvalue weighted by molar-refractivity contribution is 0.102. The van der Waals surface area contributed by atoms with Gasteiger partial charge in [-0.3, -0.25) is 4.79 Å². The van der Waals surface area contributed by atoms with Gasteiger partial charge >= 0.3 is 0 Å². The van der Waals surface area contributed by atoms with Crippen molar-refractivity contribution in [1.82, 2.24) is 0 Å². The Kier molecular flexibility index (Phi) is 4.60. The van der Waals surface area contributed by atoms with Crippen LogP contribution in [0.5, 0.6) is 0 Å². The van der Waals surface area contributed by atoms with Crippen molar-refractivity contribution in [2.45, 2.75) is 0 Å². The first-order valence-corrected chi connectivity index (χ1v) is 6.80. The number of hydrogen-bond acceptors (Lipinski definition) is 2. The Balaban J connectivity index is 2.35. The minimum absolute atomic E-state index is 0.177. The molecule has 0 saturated heterocycles. The maximum atomic E-state index is 12.2. The summed E-state index contributed by atoms with van der Waals surface area (Å²) in [5.41, 5.74) is 6.98. The third kappa shape index (κ3) is 3.28. The fourth-order valence-electron chi connectivity index (χ4n) is 1.67. The molecule has 0 radical (unpaired) electrons. The molecule has 6 heteroatoms. The predicted molar refractivity (Wildman–Crippen MR) is 86.7 cm³/mol. The highest BCUT2D eigenvalue weighted by atomic mass is 35.5. The van der Waals surface area contributed by atoms with Crippen LogP contribution in [0.25, 0.3) is 0 Å². The SMILES string of the molecule is NC(=S)c1ccc(Cl)cc1NC(=O)c1ccccc1Cl. The number of nitrogens with one attached hydrogen (secondary N) is 1. The fourth-order valence-corrected chi connectivity index (χ4v) is 2.24. The highest BCUT2D eigenvalue weighted by Crippen LogP contribution is 2.23. The molecule has 0 spiro atoms. The minimum atomic E-state index is -0.352. The average molecular weight is 325 g/mol. The molecule has 2 rings (SSSR count). The maximum Gasteiger partial charge on any atom is 0.257 e. The fraction of sp³-hybridized carbons (Fsp3) is 0. The number of hydrogen-bond donors (Lipinski definition) is 2. The number of anilines is 1. The highest BCUT2D eigenvalue weighted by molar-refractivity contribution is 7.80. The molecule has 0 atom stereocenters. The number of halogens is 2. The molecule has 1 amide bonds. The smallest absolute Gasteiger partial charge is 0.257 e. The zero-order chi connectivity index (χ0) is 14.7. The van der Waals surface area contributed by atoms with E-state index in [0.29, 0.717) is 26.9 Å². The van der Waals surface area contributed by atoms with Gasteiger partial charge in [-0.05, 0) is 30.3 Å². The van der Waals surface area contributed by atoms with Gasteiger partial charge in [-0.1, -0.05) is 47.6 Å². The van der Waals surface area contributed by atoms with Gasteiger partial charge in [0.1, 0.15) is 4.99 Å². The van der Waals surface area contributed by atoms with Gasteiger partial charge < -0.3 is 11.1 Å². The first-order valence-electron chi connectivity index (χ1n) is 5.64. The van der Waals surface area contributed by atoms with Gasteiger partial charge in [0.2, 0.25) is 0 Å². The molecule has 102 valence electrons. The van der Waals surface area contributed by atoms with Gasteiger partial charge in [0, 0.05) is 10.6 Å². The summed E-state index contributed by atoms with van der Waals surface area (Å²) in [6.07, 6.45) is 0. The minimum Gasteiger partial charge on any atom is -0.389 e. The van der Waals surface area contributed by atoms with E-state index in [9.17, 15) is 4.79 Å². The Labute approximate surface area is 131 Å². The number of thiocarbonyl (C=S) groups is 1. The number of rotatable bonds is 3. The summed E-state index contributed by atoms with van der Waals surface area (Å²) < 4.78 is 0. The van der Waals surface area contributed by atoms with Crippen molar-refractivity contribution in [3.63, 3.8) is 0 Å². The van der Waals surface area contributed by atoms with Crippen LogP contribution in [0.15, 0.2) is 42.5 Å². The lowest BCUT2D eigenvalue weighted by Crippen LogP contribution is -2.17. The highest BCUT2D eigenvalue weighted by Gasteiger charge is 2.13. The lowest BCUT2D eigenvalue weighted by Gasteiger charge is -2.11. The van der Waals surface area contributed by atoms with Gasteiger partial charge in [-0.25, -0.2) is 0 Å². The van der Waals surface area contributed by atoms with Gasteiger partial charge in [0.05, 0.1) is 16.3 Å². The second-order valence-electron chi connectivity index (χ2n) is 3.99. The second kappa shape index (κ2) is 6.22. The molecule has 2 aromatic carbocycles. The first-order chi connectivity index (χ1) is 9.49. The summed E-state index contributed by atoms with van der Waals surface area (Å²) >= 11 is 16.8. The Bertz CT molecular complexity index is 689. The Hall–Kier alpha value is -1.62. The van der Waals surface area contributed by atoms with Crippen LogP contribution >= 0.6 is 35.4 Å². The average Bonchev–Trinajstić information content (AvgIpc) is 2.38. The van der Waals surface area contributed by atoms with Crippen LogP contribution in [0.1, 0.15) is 15.9 Å². The molecule has 3 N–H and O–H groups in total. The lowest BCUT2D eigenvalue weighted by atomic mass is 10.1. The Morgan fingerprint density at radius 2 is 1.80 bits per heavy atom. The van der Waals surface area contributed by atoms with Gasteiger partial charge in [-0.15, -0.1) is 0 Å². The van der Waals surface area contributed by atoms with Crippen molar-refractivity contribution in [2.24, 2.45) is 5.73 Å². The maximum absolute atomic E-state index is 12.2. The predicted octanol–water partition coefficient (Wildman–Crippen LogP) is 3.88. The van der Waals surface area contributed by atoms with E-state index in [1.54, 1.807) is 42.5 Å². The molecular formula is C14H10Cl2N2OS. The van der Waals surface area contributed by atoms with Crippen molar-refractivity contribution >= 4 is 52.0 Å². The summed E-state index contributed by atoms with van der Waals surface area (Å²) in [5, 5.41) is 3.55. The molecule has 20 heavy (non-hydrogen) atoms. The molecule has 0 saturated carbocycles. The second-order valence-corrected chi connectivity index (χ2v) is 5.27. The number of carbonyl (C=O) groups is 1. The number of nitrogens with two attached hydrogens (primary N) is 1. The quantitative estimate of drug-likeness (QED) is 0.842. The van der Waals surface area contributed by atoms with Crippen molar-refractivity contribution in [3.05, 3.63) is 63.6 Å². The van der Waals surface area contributed by atoms with Crippen LogP contribution in [0.3, 0.4) is 0 Å². The molecule has 0 bridgehead atoms. The van der Waals surface area contributed by atoms with Crippen molar-refractivity contribution in [1.29, 1.82) is 0 Å². The summed E-state index contributed by atoms with van der Waals surface area (Å²) in [5.74, 6) is -0.352. The van der Waals surface area contributed by atoms with E-state index in [0.717, 1.165) is 0 Å². The van der Waals surface area contributed by atoms with Crippen LogP contribution in [0, 0.1) is 0 Å². The van der Waals surface area contributed by atoms with Crippen LogP contribution in [0.2, 0.25) is 10.0 Å². The first kappa shape index (κ1) is 14.8. The molecule has 0 aliphatic carbocycles. The van der Waals surface area contributed by atoms with Crippen molar-refractivity contribution in [3.8, 4) is 0 Å². The summed E-state index contributed by atoms with van der Waals surface area (Å²) in [6.45, 7) is 0. The van der Waals surface area contributed by atoms with Crippen molar-refractivity contribution < 1.29 is 4.79 Å². The number of carbonyl (C=O) groups excluding carboxylic acids is 1. The zero-order valence-corrected chi connectivity index (χ0v) is 12.5. The van der Waals surface area contributed by atoms with E-state index in [4.69, 9.17) is 41.2 Å². The van der Waals surface area contributed by atoms with Gasteiger partial charge in [0.15, 0.2) is 0 Å². The normalized spacial score (nSPS) is 10.1. The van der Waals surface area contributed by atoms with Crippen LogP contribution in [-0.2, 0) is 0 Å². The molecule has 0 fully saturated rings. The standard InChI is InChI=1S/C14H10Cl2N2OS/c15-8-5-6-10(13(17)20)12(7-8)18-14(19)9-3-1-2-4-11(9)16/h1-7H,(H2,17,20)(H,18,19). The molecule has 3 nitrogen and oxygen atoms in total. The topological polar surface area (TPSA) is 55.1 Å². The number of amides is 1. The largest absolute Gasteiger partial charge is 0.389 e. The van der Waals surface area contributed by atoms with E-state index < -0.39 is 0 Å². The molecule has 0 aliphatic heterocycles. The van der Waals surface area contributed by atoms with Gasteiger partial charge in [-0.2, -0.15) is 0 Å². The van der Waals surface area contributed by atoms with E-state index in [2.05, 4.69) is 5.32 Å². The Morgan fingerprint density at radius 1 is 1.10 bits per heavy atom. The van der Waals surface area contributed by atoms with E-state index in [1.165, 1.54) is 0 Å². The molecule has 0 heterocycles. The summed E-state index contributed by atoms with van der Waals surface area (Å²) in [4.78, 5) is 12.4. The third-order valence-electron chi connectivity index (χ3n) is 2.61. The van der Waals surface area contributed by atoms with Crippen LogP contribution < -0.4 is 11.1 Å². The van der Waals surface area contributed by atoms with E-state index in [-0.39, 0.29) is 10.9 Å². The van der Waals surface area contributed by atoms with Crippen molar-refractivity contribution in [2.75, 3.05) is 5.32 Å². The monoisotopic (exact) mass is 324 g/mol. The van der Waals surface area contributed by atoms with Crippen LogP contribution in [-0.4, -0.2) is 10.9 Å². The number of benzene rings is 2.